The van der Waals surface area contributed by atoms with Crippen LogP contribution in [0.15, 0.2) is 66.7 Å². The van der Waals surface area contributed by atoms with Gasteiger partial charge in [-0.2, -0.15) is 0 Å². The number of hydrogen-bond acceptors (Lipinski definition) is 1. The molecule has 0 fully saturated rings. The van der Waals surface area contributed by atoms with Crippen molar-refractivity contribution in [1.82, 2.24) is 0 Å². The Morgan fingerprint density at radius 2 is 1.46 bits per heavy atom. The van der Waals surface area contributed by atoms with Gasteiger partial charge in [0.2, 0.25) is 0 Å². The van der Waals surface area contributed by atoms with Crippen LogP contribution in [0.4, 0.5) is 0 Å². The molecule has 3 aromatic rings. The van der Waals surface area contributed by atoms with Gasteiger partial charge in [-0.25, -0.2) is 0 Å². The highest BCUT2D eigenvalue weighted by Gasteiger charge is 2.13. The van der Waals surface area contributed by atoms with E-state index in [2.05, 4.69) is 73.7 Å². The molecule has 3 rings (SSSR count). The van der Waals surface area contributed by atoms with Gasteiger partial charge >= 0.3 is 0 Å². The fourth-order valence-corrected chi connectivity index (χ4v) is 3.47. The van der Waals surface area contributed by atoms with Crippen molar-refractivity contribution in [2.75, 3.05) is 0 Å². The second kappa shape index (κ2) is 8.12. The molecule has 0 heterocycles. The van der Waals surface area contributed by atoms with E-state index < -0.39 is 0 Å². The quantitative estimate of drug-likeness (QED) is 0.496. The van der Waals surface area contributed by atoms with Crippen molar-refractivity contribution in [3.8, 4) is 11.1 Å². The molecule has 2 N–H and O–H groups in total. The van der Waals surface area contributed by atoms with Crippen LogP contribution in [-0.2, 0) is 0 Å². The Morgan fingerprint density at radius 1 is 0.750 bits per heavy atom. The Morgan fingerprint density at radius 3 is 2.33 bits per heavy atom. The van der Waals surface area contributed by atoms with Crippen molar-refractivity contribution >= 4 is 10.8 Å². The molecule has 24 heavy (non-hydrogen) atoms. The van der Waals surface area contributed by atoms with Crippen LogP contribution in [0.1, 0.15) is 50.6 Å². The zero-order valence-corrected chi connectivity index (χ0v) is 14.5. The standard InChI is InChI=1S/C23H27N/c1-2-3-4-5-17-23(24)22-15-9-8-14-21(22)20-16-10-12-18-11-6-7-13-19(18)20/h6-16,23H,2-5,17,24H2,1H3. The minimum Gasteiger partial charge on any atom is -0.324 e. The normalized spacial score (nSPS) is 12.4. The summed E-state index contributed by atoms with van der Waals surface area (Å²) in [5.74, 6) is 0. The van der Waals surface area contributed by atoms with Crippen LogP contribution in [0.25, 0.3) is 21.9 Å². The number of nitrogens with two attached hydrogens (primary N) is 1. The molecule has 1 heteroatoms. The topological polar surface area (TPSA) is 26.0 Å². The first kappa shape index (κ1) is 16.7. The van der Waals surface area contributed by atoms with E-state index in [0.717, 1.165) is 6.42 Å². The van der Waals surface area contributed by atoms with E-state index in [9.17, 15) is 0 Å². The van der Waals surface area contributed by atoms with Crippen LogP contribution >= 0.6 is 0 Å². The van der Waals surface area contributed by atoms with Gasteiger partial charge in [0.25, 0.3) is 0 Å². The lowest BCUT2D eigenvalue weighted by molar-refractivity contribution is 0.567. The maximum atomic E-state index is 6.56. The molecular weight excluding hydrogens is 290 g/mol. The predicted molar refractivity (Wildman–Crippen MR) is 105 cm³/mol. The monoisotopic (exact) mass is 317 g/mol. The minimum absolute atomic E-state index is 0.108. The molecule has 124 valence electrons. The summed E-state index contributed by atoms with van der Waals surface area (Å²) in [6, 6.07) is 23.8. The molecular formula is C23H27N. The van der Waals surface area contributed by atoms with E-state index in [4.69, 9.17) is 5.73 Å². The highest BCUT2D eigenvalue weighted by Crippen LogP contribution is 2.34. The number of rotatable bonds is 7. The van der Waals surface area contributed by atoms with Gasteiger partial charge in [-0.1, -0.05) is 99.3 Å². The van der Waals surface area contributed by atoms with E-state index in [1.54, 1.807) is 0 Å². The van der Waals surface area contributed by atoms with Gasteiger partial charge in [0, 0.05) is 6.04 Å². The molecule has 0 spiro atoms. The molecule has 0 saturated carbocycles. The smallest absolute Gasteiger partial charge is 0.0301 e. The second-order valence-electron chi connectivity index (χ2n) is 6.57. The van der Waals surface area contributed by atoms with E-state index >= 15 is 0 Å². The van der Waals surface area contributed by atoms with Crippen molar-refractivity contribution in [2.24, 2.45) is 5.73 Å². The second-order valence-corrected chi connectivity index (χ2v) is 6.57. The summed E-state index contributed by atoms with van der Waals surface area (Å²) in [5, 5.41) is 2.58. The van der Waals surface area contributed by atoms with Crippen LogP contribution in [0.5, 0.6) is 0 Å². The molecule has 0 bridgehead atoms. The Hall–Kier alpha value is -2.12. The first-order valence-corrected chi connectivity index (χ1v) is 9.14. The summed E-state index contributed by atoms with van der Waals surface area (Å²) in [5.41, 5.74) is 10.4. The van der Waals surface area contributed by atoms with E-state index in [0.29, 0.717) is 0 Å². The van der Waals surface area contributed by atoms with E-state index in [1.807, 2.05) is 0 Å². The summed E-state index contributed by atoms with van der Waals surface area (Å²) in [6.45, 7) is 2.25. The molecule has 0 aliphatic rings. The maximum absolute atomic E-state index is 6.56. The molecule has 0 aliphatic carbocycles. The van der Waals surface area contributed by atoms with Crippen LogP contribution in [0, 0.1) is 0 Å². The number of unbranched alkanes of at least 4 members (excludes halogenated alkanes) is 3. The Balaban J connectivity index is 1.94. The molecule has 1 unspecified atom stereocenters. The Bertz CT molecular complexity index is 785. The van der Waals surface area contributed by atoms with Crippen molar-refractivity contribution in [2.45, 2.75) is 45.1 Å². The molecule has 0 amide bonds. The molecule has 0 aromatic heterocycles. The summed E-state index contributed by atoms with van der Waals surface area (Å²) < 4.78 is 0. The third kappa shape index (κ3) is 3.68. The van der Waals surface area contributed by atoms with Gasteiger partial charge in [-0.15, -0.1) is 0 Å². The van der Waals surface area contributed by atoms with Crippen molar-refractivity contribution in [3.05, 3.63) is 72.3 Å². The lowest BCUT2D eigenvalue weighted by atomic mass is 9.90. The summed E-state index contributed by atoms with van der Waals surface area (Å²) in [4.78, 5) is 0. The first-order valence-electron chi connectivity index (χ1n) is 9.14. The molecule has 3 aromatic carbocycles. The largest absolute Gasteiger partial charge is 0.324 e. The summed E-state index contributed by atoms with van der Waals surface area (Å²) in [6.07, 6.45) is 6.11. The number of fused-ring (bicyclic) bond motifs is 1. The fraction of sp³-hybridized carbons (Fsp3) is 0.304. The highest BCUT2D eigenvalue weighted by molar-refractivity contribution is 5.97. The van der Waals surface area contributed by atoms with Gasteiger partial charge in [0.15, 0.2) is 0 Å². The molecule has 1 nitrogen and oxygen atoms in total. The van der Waals surface area contributed by atoms with Crippen molar-refractivity contribution < 1.29 is 0 Å². The van der Waals surface area contributed by atoms with Gasteiger partial charge in [-0.3, -0.25) is 0 Å². The SMILES string of the molecule is CCCCCCC(N)c1ccccc1-c1cccc2ccccc12. The zero-order valence-electron chi connectivity index (χ0n) is 14.5. The van der Waals surface area contributed by atoms with E-state index in [-0.39, 0.29) is 6.04 Å². The van der Waals surface area contributed by atoms with Crippen LogP contribution in [-0.4, -0.2) is 0 Å². The lowest BCUT2D eigenvalue weighted by Gasteiger charge is -2.18. The van der Waals surface area contributed by atoms with Gasteiger partial charge < -0.3 is 5.73 Å². The molecule has 0 aliphatic heterocycles. The number of hydrogen-bond donors (Lipinski definition) is 1. The van der Waals surface area contributed by atoms with Gasteiger partial charge in [0.05, 0.1) is 0 Å². The maximum Gasteiger partial charge on any atom is 0.0301 e. The Kier molecular flexibility index (Phi) is 5.66. The first-order chi connectivity index (χ1) is 11.8. The average Bonchev–Trinajstić information content (AvgIpc) is 2.64. The lowest BCUT2D eigenvalue weighted by Crippen LogP contribution is -2.11. The predicted octanol–water partition coefficient (Wildman–Crippen LogP) is 6.48. The average molecular weight is 317 g/mol. The molecule has 0 saturated heterocycles. The van der Waals surface area contributed by atoms with Gasteiger partial charge in [0.1, 0.15) is 0 Å². The summed E-state index contributed by atoms with van der Waals surface area (Å²) in [7, 11) is 0. The Labute approximate surface area is 145 Å². The van der Waals surface area contributed by atoms with Crippen molar-refractivity contribution in [1.29, 1.82) is 0 Å². The van der Waals surface area contributed by atoms with Crippen LogP contribution in [0.3, 0.4) is 0 Å². The van der Waals surface area contributed by atoms with Crippen molar-refractivity contribution in [3.63, 3.8) is 0 Å². The fourth-order valence-electron chi connectivity index (χ4n) is 3.47. The molecule has 1 atom stereocenters. The number of benzene rings is 3. The van der Waals surface area contributed by atoms with Crippen LogP contribution < -0.4 is 5.73 Å². The zero-order chi connectivity index (χ0) is 16.8. The van der Waals surface area contributed by atoms with E-state index in [1.165, 1.54) is 53.1 Å². The summed E-state index contributed by atoms with van der Waals surface area (Å²) >= 11 is 0. The third-order valence-corrected chi connectivity index (χ3v) is 4.81. The van der Waals surface area contributed by atoms with Crippen LogP contribution in [0.2, 0.25) is 0 Å². The molecule has 0 radical (unpaired) electrons. The minimum atomic E-state index is 0.108. The van der Waals surface area contributed by atoms with Gasteiger partial charge in [-0.05, 0) is 33.9 Å². The third-order valence-electron chi connectivity index (χ3n) is 4.81. The highest BCUT2D eigenvalue weighted by atomic mass is 14.6.